The summed E-state index contributed by atoms with van der Waals surface area (Å²) >= 11 is 0. The molecule has 1 atom stereocenters. The van der Waals surface area contributed by atoms with Crippen LogP contribution in [0, 0.1) is 69.5 Å². The smallest absolute Gasteiger partial charge is 0.384 e. The van der Waals surface area contributed by atoms with Gasteiger partial charge in [-0.15, -0.1) is 0 Å². The number of aromatic nitrogens is 3. The van der Waals surface area contributed by atoms with E-state index in [2.05, 4.69) is 10.1 Å². The third-order valence-electron chi connectivity index (χ3n) is 3.94. The van der Waals surface area contributed by atoms with Crippen molar-refractivity contribution >= 4 is 0 Å². The van der Waals surface area contributed by atoms with Crippen LogP contribution in [-0.2, 0) is 23.6 Å². The number of nitrogens with zero attached hydrogens (tertiary/aromatic N) is 3. The number of aliphatic hydroxyl groups is 1. The van der Waals surface area contributed by atoms with Crippen molar-refractivity contribution in [3.05, 3.63) is 124 Å². The molecule has 4 nitrogen and oxygen atoms in total. The number of halogens is 1. The molecule has 28 heavy (non-hydrogen) atoms. The summed E-state index contributed by atoms with van der Waals surface area (Å²) in [6, 6.07) is 5.85. The molecule has 4 rings (SSSR count). The van der Waals surface area contributed by atoms with Crippen LogP contribution in [0.5, 0.6) is 0 Å². The van der Waals surface area contributed by atoms with Gasteiger partial charge >= 0.3 is 17.1 Å². The zero-order valence-electron chi connectivity index (χ0n) is 15.0. The number of aliphatic hydroxyl groups excluding tert-OH is 1. The molecule has 0 spiro atoms. The first kappa shape index (κ1) is 22.8. The summed E-state index contributed by atoms with van der Waals surface area (Å²) in [6.45, 7) is 0.406. The first-order valence-corrected chi connectivity index (χ1v) is 8.57. The van der Waals surface area contributed by atoms with E-state index in [4.69, 9.17) is 0 Å². The summed E-state index contributed by atoms with van der Waals surface area (Å²) in [5, 5.41) is 14.7. The minimum Gasteiger partial charge on any atom is -0.384 e. The SMILES string of the molecule is OC(/C(=C/[C]1[CH][CH][CH][CH]1)Cn1cncn1)c1ccc(F)cc1.[CH]1[CH][CH][CH][CH]1.[Fe+2]. The molecule has 6 heteroatoms. The van der Waals surface area contributed by atoms with E-state index in [1.807, 2.05) is 63.9 Å². The molecule has 1 heterocycles. The van der Waals surface area contributed by atoms with Gasteiger partial charge in [0.2, 0.25) is 0 Å². The van der Waals surface area contributed by atoms with Gasteiger partial charge in [0.1, 0.15) is 24.6 Å². The van der Waals surface area contributed by atoms with Crippen LogP contribution in [0.15, 0.2) is 48.6 Å². The number of hydrogen-bond acceptors (Lipinski definition) is 3. The fraction of sp³-hybridized carbons (Fsp3) is 0.0909. The second kappa shape index (κ2) is 12.2. The number of allylic oxidation sites excluding steroid dienone is 1. The number of hydrogen-bond donors (Lipinski definition) is 1. The Hall–Kier alpha value is -1.49. The average Bonchev–Trinajstić information content (AvgIpc) is 3.45. The Kier molecular flexibility index (Phi) is 9.89. The minimum absolute atomic E-state index is 0. The summed E-state index contributed by atoms with van der Waals surface area (Å²) < 4.78 is 14.7. The third-order valence-corrected chi connectivity index (χ3v) is 3.94. The van der Waals surface area contributed by atoms with Gasteiger partial charge in [0.15, 0.2) is 0 Å². The Labute approximate surface area is 177 Å². The maximum Gasteiger partial charge on any atom is 2.00 e. The van der Waals surface area contributed by atoms with E-state index in [1.165, 1.54) is 18.5 Å². The van der Waals surface area contributed by atoms with Gasteiger partial charge in [-0.1, -0.05) is 18.2 Å². The Morgan fingerprint density at radius 3 is 2.14 bits per heavy atom. The van der Waals surface area contributed by atoms with Gasteiger partial charge in [-0.05, 0) is 81.1 Å². The van der Waals surface area contributed by atoms with E-state index < -0.39 is 6.10 Å². The second-order valence-corrected chi connectivity index (χ2v) is 5.95. The molecule has 0 bridgehead atoms. The molecule has 2 aliphatic rings. The fourth-order valence-electron chi connectivity index (χ4n) is 2.59. The summed E-state index contributed by atoms with van der Waals surface area (Å²) in [5.74, 6) is 0.671. The molecule has 0 amide bonds. The van der Waals surface area contributed by atoms with E-state index in [1.54, 1.807) is 23.1 Å². The van der Waals surface area contributed by atoms with E-state index in [0.717, 1.165) is 11.5 Å². The van der Waals surface area contributed by atoms with Crippen LogP contribution in [0.2, 0.25) is 0 Å². The van der Waals surface area contributed by atoms with Crippen LogP contribution in [0.25, 0.3) is 0 Å². The summed E-state index contributed by atoms with van der Waals surface area (Å²) in [4.78, 5) is 3.91. The molecule has 2 aliphatic carbocycles. The van der Waals surface area contributed by atoms with Gasteiger partial charge in [0.25, 0.3) is 0 Å². The van der Waals surface area contributed by atoms with Crippen LogP contribution in [0.1, 0.15) is 11.7 Å². The van der Waals surface area contributed by atoms with Gasteiger partial charge in [0.05, 0.1) is 6.54 Å². The van der Waals surface area contributed by atoms with Crippen LogP contribution >= 0.6 is 0 Å². The topological polar surface area (TPSA) is 50.9 Å². The van der Waals surface area contributed by atoms with Crippen LogP contribution in [0.4, 0.5) is 4.39 Å². The molecule has 2 fully saturated rings. The molecule has 2 aromatic rings. The van der Waals surface area contributed by atoms with Crippen molar-refractivity contribution in [3.63, 3.8) is 0 Å². The molecule has 0 aliphatic heterocycles. The molecule has 1 aromatic heterocycles. The maximum absolute atomic E-state index is 13.0. The first-order chi connectivity index (χ1) is 13.2. The molecule has 10 radical (unpaired) electrons. The summed E-state index contributed by atoms with van der Waals surface area (Å²) in [6.07, 6.45) is 21.9. The molecular weight excluding hydrogens is 397 g/mol. The van der Waals surface area contributed by atoms with Gasteiger partial charge < -0.3 is 5.11 Å². The largest absolute Gasteiger partial charge is 2.00 e. The number of benzene rings is 1. The Morgan fingerprint density at radius 1 is 1.00 bits per heavy atom. The Morgan fingerprint density at radius 2 is 1.61 bits per heavy atom. The predicted octanol–water partition coefficient (Wildman–Crippen LogP) is 3.50. The van der Waals surface area contributed by atoms with Gasteiger partial charge in [-0.2, -0.15) is 5.10 Å². The standard InChI is InChI=1S/C17H15FN3O.C5H5.Fe/c18-16-7-5-14(6-8-16)17(22)15(9-13-3-1-2-4-13)10-21-12-19-11-20-21;1-2-4-5-3-1;/h1-9,11-12,17,22H,10H2;1-5H;/q;;+2/b15-9+;;. The van der Waals surface area contributed by atoms with Crippen molar-refractivity contribution in [2.75, 3.05) is 0 Å². The van der Waals surface area contributed by atoms with Crippen molar-refractivity contribution < 1.29 is 26.6 Å². The van der Waals surface area contributed by atoms with Crippen molar-refractivity contribution in [1.82, 2.24) is 14.8 Å². The van der Waals surface area contributed by atoms with Crippen molar-refractivity contribution in [2.24, 2.45) is 0 Å². The maximum atomic E-state index is 13.0. The van der Waals surface area contributed by atoms with E-state index in [0.29, 0.717) is 12.1 Å². The molecular formula is C22H20FFeN3O+2. The zero-order valence-corrected chi connectivity index (χ0v) is 16.1. The van der Waals surface area contributed by atoms with Crippen LogP contribution in [-0.4, -0.2) is 19.9 Å². The predicted molar refractivity (Wildman–Crippen MR) is 101 cm³/mol. The van der Waals surface area contributed by atoms with Crippen LogP contribution < -0.4 is 0 Å². The van der Waals surface area contributed by atoms with E-state index >= 15 is 0 Å². The molecule has 2 saturated carbocycles. The average molecular weight is 417 g/mol. The third kappa shape index (κ3) is 7.16. The first-order valence-electron chi connectivity index (χ1n) is 8.57. The Bertz CT molecular complexity index is 685. The number of rotatable bonds is 5. The molecule has 1 N–H and O–H groups in total. The Balaban J connectivity index is 0.000000408. The molecule has 1 aromatic carbocycles. The van der Waals surface area contributed by atoms with E-state index in [-0.39, 0.29) is 22.9 Å². The van der Waals surface area contributed by atoms with E-state index in [9.17, 15) is 9.50 Å². The normalized spacial score (nSPS) is 18.3. The van der Waals surface area contributed by atoms with Gasteiger partial charge in [-0.3, -0.25) is 0 Å². The summed E-state index contributed by atoms with van der Waals surface area (Å²) in [7, 11) is 0. The molecule has 1 unspecified atom stereocenters. The summed E-state index contributed by atoms with van der Waals surface area (Å²) in [5.41, 5.74) is 1.39. The quantitative estimate of drug-likeness (QED) is 0.758. The monoisotopic (exact) mass is 417 g/mol. The zero-order chi connectivity index (χ0) is 18.9. The van der Waals surface area contributed by atoms with Gasteiger partial charge in [-0.25, -0.2) is 14.1 Å². The minimum atomic E-state index is -0.834. The van der Waals surface area contributed by atoms with Crippen molar-refractivity contribution in [2.45, 2.75) is 12.6 Å². The fourth-order valence-corrected chi connectivity index (χ4v) is 2.59. The molecule has 142 valence electrons. The van der Waals surface area contributed by atoms with Crippen molar-refractivity contribution in [1.29, 1.82) is 0 Å². The van der Waals surface area contributed by atoms with Gasteiger partial charge in [0, 0.05) is 5.92 Å². The molecule has 0 saturated heterocycles. The second-order valence-electron chi connectivity index (χ2n) is 5.95. The van der Waals surface area contributed by atoms with Crippen molar-refractivity contribution in [3.8, 4) is 0 Å². The van der Waals surface area contributed by atoms with Crippen LogP contribution in [0.3, 0.4) is 0 Å².